The van der Waals surface area contributed by atoms with Gasteiger partial charge in [-0.15, -0.1) is 12.3 Å². The zero-order chi connectivity index (χ0) is 16.9. The molecule has 0 aromatic heterocycles. The van der Waals surface area contributed by atoms with Gasteiger partial charge in [0.25, 0.3) is 0 Å². The number of benzene rings is 1. The van der Waals surface area contributed by atoms with Gasteiger partial charge in [0, 0.05) is 17.9 Å². The van der Waals surface area contributed by atoms with Gasteiger partial charge in [-0.1, -0.05) is 37.3 Å². The van der Waals surface area contributed by atoms with Gasteiger partial charge in [-0.05, 0) is 6.42 Å². The van der Waals surface area contributed by atoms with E-state index >= 15 is 0 Å². The second kappa shape index (κ2) is 8.11. The molecule has 0 radical (unpaired) electrons. The van der Waals surface area contributed by atoms with Crippen molar-refractivity contribution in [1.82, 2.24) is 0 Å². The van der Waals surface area contributed by atoms with Gasteiger partial charge in [-0.3, -0.25) is 0 Å². The summed E-state index contributed by atoms with van der Waals surface area (Å²) in [5, 5.41) is 10.6. The standard InChI is InChI=1S/C19H24O5/c1-3-4-8-11-21-18-13(2)16(20)17-15(23-18)12-22-19(24-17)14-9-6-5-7-10-14/h1,5-7,9-10,13,15-20H,4,8,11-12H2,2H3/t13-,15-,16-,17+,18-,19?/m1/s1. The molecular formula is C19H24O5. The molecule has 3 rings (SSSR count). The maximum atomic E-state index is 10.6. The van der Waals surface area contributed by atoms with Crippen LogP contribution in [0, 0.1) is 18.3 Å². The molecule has 1 N–H and O–H groups in total. The van der Waals surface area contributed by atoms with Crippen molar-refractivity contribution >= 4 is 0 Å². The molecule has 0 saturated carbocycles. The molecule has 2 fully saturated rings. The van der Waals surface area contributed by atoms with Crippen molar-refractivity contribution in [3.05, 3.63) is 35.9 Å². The lowest BCUT2D eigenvalue weighted by atomic mass is 9.91. The van der Waals surface area contributed by atoms with Gasteiger partial charge in [0.15, 0.2) is 12.6 Å². The molecule has 2 aliphatic rings. The maximum absolute atomic E-state index is 10.6. The lowest BCUT2D eigenvalue weighted by molar-refractivity contribution is -0.351. The molecule has 5 heteroatoms. The minimum atomic E-state index is -0.670. The van der Waals surface area contributed by atoms with E-state index in [9.17, 15) is 5.11 Å². The molecule has 1 aromatic rings. The second-order valence-corrected chi connectivity index (χ2v) is 6.25. The van der Waals surface area contributed by atoms with E-state index < -0.39 is 24.8 Å². The fourth-order valence-electron chi connectivity index (χ4n) is 3.07. The third-order valence-electron chi connectivity index (χ3n) is 4.49. The Morgan fingerprint density at radius 2 is 2.08 bits per heavy atom. The van der Waals surface area contributed by atoms with E-state index in [0.29, 0.717) is 19.6 Å². The Morgan fingerprint density at radius 1 is 1.29 bits per heavy atom. The summed E-state index contributed by atoms with van der Waals surface area (Å²) in [6.45, 7) is 2.78. The number of ether oxygens (including phenoxy) is 4. The van der Waals surface area contributed by atoms with E-state index in [-0.39, 0.29) is 12.0 Å². The largest absolute Gasteiger partial charge is 0.390 e. The average Bonchev–Trinajstić information content (AvgIpc) is 2.63. The van der Waals surface area contributed by atoms with Crippen LogP contribution in [0.15, 0.2) is 30.3 Å². The molecule has 6 atom stereocenters. The van der Waals surface area contributed by atoms with Gasteiger partial charge in [0.2, 0.25) is 0 Å². The summed E-state index contributed by atoms with van der Waals surface area (Å²) in [5.41, 5.74) is 0.934. The highest BCUT2D eigenvalue weighted by Crippen LogP contribution is 2.36. The second-order valence-electron chi connectivity index (χ2n) is 6.25. The van der Waals surface area contributed by atoms with Crippen LogP contribution in [-0.2, 0) is 18.9 Å². The lowest BCUT2D eigenvalue weighted by Gasteiger charge is -2.47. The van der Waals surface area contributed by atoms with E-state index in [4.69, 9.17) is 25.4 Å². The van der Waals surface area contributed by atoms with E-state index in [0.717, 1.165) is 12.0 Å². The Bertz CT molecular complexity index is 553. The van der Waals surface area contributed by atoms with Crippen molar-refractivity contribution in [3.8, 4) is 12.3 Å². The van der Waals surface area contributed by atoms with Gasteiger partial charge in [-0.2, -0.15) is 0 Å². The molecule has 2 aliphatic heterocycles. The van der Waals surface area contributed by atoms with E-state index in [1.165, 1.54) is 0 Å². The summed E-state index contributed by atoms with van der Waals surface area (Å²) in [6, 6.07) is 9.71. The number of unbranched alkanes of at least 4 members (excludes halogenated alkanes) is 1. The first-order chi connectivity index (χ1) is 11.7. The SMILES string of the molecule is C#CCCCO[C@@H]1O[C@@H]2COC(c3ccccc3)O[C@@H]2[C@H](O)[C@H]1C. The Kier molecular flexibility index (Phi) is 5.88. The van der Waals surface area contributed by atoms with E-state index in [2.05, 4.69) is 5.92 Å². The summed E-state index contributed by atoms with van der Waals surface area (Å²) in [6.07, 6.45) is 4.29. The van der Waals surface area contributed by atoms with Crippen LogP contribution in [0.4, 0.5) is 0 Å². The molecule has 0 aliphatic carbocycles. The topological polar surface area (TPSA) is 57.2 Å². The first-order valence-corrected chi connectivity index (χ1v) is 8.41. The number of terminal acetylenes is 1. The zero-order valence-corrected chi connectivity index (χ0v) is 13.8. The Balaban J connectivity index is 1.60. The van der Waals surface area contributed by atoms with Gasteiger partial charge in [0.1, 0.15) is 12.2 Å². The first-order valence-electron chi connectivity index (χ1n) is 8.41. The van der Waals surface area contributed by atoms with Crippen molar-refractivity contribution in [3.63, 3.8) is 0 Å². The number of aliphatic hydroxyl groups excluding tert-OH is 1. The van der Waals surface area contributed by atoms with Gasteiger partial charge in [0.05, 0.1) is 19.3 Å². The molecular weight excluding hydrogens is 308 g/mol. The number of hydrogen-bond acceptors (Lipinski definition) is 5. The van der Waals surface area contributed by atoms with Gasteiger partial charge >= 0.3 is 0 Å². The number of hydrogen-bond donors (Lipinski definition) is 1. The fourth-order valence-corrected chi connectivity index (χ4v) is 3.07. The van der Waals surface area contributed by atoms with Crippen LogP contribution >= 0.6 is 0 Å². The van der Waals surface area contributed by atoms with Crippen molar-refractivity contribution in [2.24, 2.45) is 5.92 Å². The van der Waals surface area contributed by atoms with Crippen LogP contribution in [0.25, 0.3) is 0 Å². The Hall–Kier alpha value is -1.42. The summed E-state index contributed by atoms with van der Waals surface area (Å²) >= 11 is 0. The Morgan fingerprint density at radius 3 is 2.83 bits per heavy atom. The van der Waals surface area contributed by atoms with Crippen LogP contribution in [0.5, 0.6) is 0 Å². The normalized spacial score (nSPS) is 35.9. The predicted molar refractivity (Wildman–Crippen MR) is 87.9 cm³/mol. The smallest absolute Gasteiger partial charge is 0.184 e. The number of rotatable bonds is 5. The van der Waals surface area contributed by atoms with Crippen molar-refractivity contribution < 1.29 is 24.1 Å². The lowest BCUT2D eigenvalue weighted by Crippen LogP contribution is -2.59. The van der Waals surface area contributed by atoms with Crippen LogP contribution < -0.4 is 0 Å². The summed E-state index contributed by atoms with van der Waals surface area (Å²) in [7, 11) is 0. The molecule has 24 heavy (non-hydrogen) atoms. The van der Waals surface area contributed by atoms with E-state index in [1.807, 2.05) is 37.3 Å². The monoisotopic (exact) mass is 332 g/mol. The van der Waals surface area contributed by atoms with Crippen LogP contribution in [-0.4, -0.2) is 42.9 Å². The van der Waals surface area contributed by atoms with Crippen molar-refractivity contribution in [1.29, 1.82) is 0 Å². The maximum Gasteiger partial charge on any atom is 0.184 e. The third-order valence-corrected chi connectivity index (χ3v) is 4.49. The minimum Gasteiger partial charge on any atom is -0.390 e. The van der Waals surface area contributed by atoms with Crippen LogP contribution in [0.3, 0.4) is 0 Å². The third kappa shape index (κ3) is 3.80. The van der Waals surface area contributed by atoms with Crippen molar-refractivity contribution in [2.45, 2.75) is 50.7 Å². The quantitative estimate of drug-likeness (QED) is 0.662. The summed E-state index contributed by atoms with van der Waals surface area (Å²) in [4.78, 5) is 0. The van der Waals surface area contributed by atoms with Gasteiger partial charge < -0.3 is 24.1 Å². The molecule has 130 valence electrons. The number of aliphatic hydroxyl groups is 1. The van der Waals surface area contributed by atoms with Gasteiger partial charge in [-0.25, -0.2) is 0 Å². The van der Waals surface area contributed by atoms with Crippen LogP contribution in [0.1, 0.15) is 31.6 Å². The molecule has 0 amide bonds. The average molecular weight is 332 g/mol. The zero-order valence-electron chi connectivity index (χ0n) is 13.8. The molecule has 1 unspecified atom stereocenters. The van der Waals surface area contributed by atoms with E-state index in [1.54, 1.807) is 0 Å². The van der Waals surface area contributed by atoms with Crippen LogP contribution in [0.2, 0.25) is 0 Å². The molecule has 5 nitrogen and oxygen atoms in total. The Labute approximate surface area is 142 Å². The van der Waals surface area contributed by atoms with Crippen molar-refractivity contribution in [2.75, 3.05) is 13.2 Å². The predicted octanol–water partition coefficient (Wildman–Crippen LogP) is 2.25. The highest BCUT2D eigenvalue weighted by atomic mass is 16.7. The highest BCUT2D eigenvalue weighted by molar-refractivity contribution is 5.16. The molecule has 2 saturated heterocycles. The summed E-state index contributed by atoms with van der Waals surface area (Å²) < 4.78 is 23.4. The molecule has 2 heterocycles. The first kappa shape index (κ1) is 17.4. The number of fused-ring (bicyclic) bond motifs is 1. The molecule has 0 spiro atoms. The summed E-state index contributed by atoms with van der Waals surface area (Å²) in [5.74, 6) is 2.39. The molecule has 0 bridgehead atoms. The fraction of sp³-hybridized carbons (Fsp3) is 0.579. The molecule has 1 aromatic carbocycles. The highest BCUT2D eigenvalue weighted by Gasteiger charge is 2.47. The minimum absolute atomic E-state index is 0.188.